The van der Waals surface area contributed by atoms with E-state index in [1.165, 1.54) is 0 Å². The molecule has 1 amide bonds. The second-order valence-corrected chi connectivity index (χ2v) is 9.55. The minimum atomic E-state index is -0.477. The molecule has 0 unspecified atom stereocenters. The highest BCUT2D eigenvalue weighted by molar-refractivity contribution is 5.96. The van der Waals surface area contributed by atoms with E-state index in [2.05, 4.69) is 40.6 Å². The fraction of sp³-hybridized carbons (Fsp3) is 0.226. The fourth-order valence-electron chi connectivity index (χ4n) is 5.01. The number of carbonyl (C=O) groups is 1. The molecule has 0 bridgehead atoms. The number of imidazole rings is 1. The second kappa shape index (κ2) is 11.1. The number of hydrogen-bond acceptors (Lipinski definition) is 5. The van der Waals surface area contributed by atoms with Crippen LogP contribution in [0.2, 0.25) is 0 Å². The van der Waals surface area contributed by atoms with Crippen molar-refractivity contribution >= 4 is 22.3 Å². The minimum Gasteiger partial charge on any atom is -0.337 e. The van der Waals surface area contributed by atoms with Gasteiger partial charge in [-0.3, -0.25) is 10.1 Å². The molecule has 0 aliphatic carbocycles. The van der Waals surface area contributed by atoms with Gasteiger partial charge in [0.25, 0.3) is 0 Å². The van der Waals surface area contributed by atoms with Crippen molar-refractivity contribution in [3.63, 3.8) is 0 Å². The Hall–Kier alpha value is -4.72. The number of nitrogens with zero attached hydrogens (tertiary/aromatic N) is 5. The van der Waals surface area contributed by atoms with Gasteiger partial charge in [0.15, 0.2) is 0 Å². The summed E-state index contributed by atoms with van der Waals surface area (Å²) in [6.07, 6.45) is 4.53. The first-order chi connectivity index (χ1) is 18.6. The van der Waals surface area contributed by atoms with Gasteiger partial charge in [0.1, 0.15) is 0 Å². The third-order valence-corrected chi connectivity index (χ3v) is 7.17. The summed E-state index contributed by atoms with van der Waals surface area (Å²) in [7, 11) is 1.93. The van der Waals surface area contributed by atoms with Crippen molar-refractivity contribution in [2.45, 2.75) is 25.4 Å². The van der Waals surface area contributed by atoms with Crippen LogP contribution in [0.15, 0.2) is 84.8 Å². The van der Waals surface area contributed by atoms with Crippen molar-refractivity contribution in [2.24, 2.45) is 7.05 Å². The molecule has 38 heavy (non-hydrogen) atoms. The van der Waals surface area contributed by atoms with Crippen LogP contribution >= 0.6 is 0 Å². The lowest BCUT2D eigenvalue weighted by molar-refractivity contribution is -0.133. The Bertz CT molecular complexity index is 1580. The Morgan fingerprint density at radius 1 is 1.05 bits per heavy atom. The van der Waals surface area contributed by atoms with Gasteiger partial charge >= 0.3 is 0 Å². The number of hydrogen-bond donors (Lipinski definition) is 1. The van der Waals surface area contributed by atoms with Crippen LogP contribution in [-0.2, 0) is 24.8 Å². The van der Waals surface area contributed by atoms with Crippen LogP contribution in [0.1, 0.15) is 28.8 Å². The van der Waals surface area contributed by atoms with Gasteiger partial charge < -0.3 is 9.47 Å². The lowest BCUT2D eigenvalue weighted by Gasteiger charge is -2.33. The summed E-state index contributed by atoms with van der Waals surface area (Å²) < 4.78 is 1.93. The van der Waals surface area contributed by atoms with Crippen LogP contribution in [0.25, 0.3) is 16.3 Å². The molecule has 5 rings (SSSR count). The molecular weight excluding hydrogens is 472 g/mol. The molecule has 7 nitrogen and oxygen atoms in total. The summed E-state index contributed by atoms with van der Waals surface area (Å²) in [5.41, 5.74) is 5.18. The van der Waals surface area contributed by atoms with E-state index >= 15 is 0 Å². The maximum Gasteiger partial charge on any atom is 0.240 e. The first-order valence-corrected chi connectivity index (χ1v) is 12.6. The zero-order valence-electron chi connectivity index (χ0n) is 21.3. The molecule has 0 spiro atoms. The largest absolute Gasteiger partial charge is 0.337 e. The van der Waals surface area contributed by atoms with Crippen molar-refractivity contribution in [3.05, 3.63) is 107 Å². The lowest BCUT2D eigenvalue weighted by atomic mass is 9.90. The van der Waals surface area contributed by atoms with Gasteiger partial charge in [0.05, 0.1) is 35.8 Å². The smallest absolute Gasteiger partial charge is 0.240 e. The quantitative estimate of drug-likeness (QED) is 0.407. The summed E-state index contributed by atoms with van der Waals surface area (Å²) in [6.45, 7) is 1.37. The number of carbonyl (C=O) groups excluding carboxylic acids is 1. The lowest BCUT2D eigenvalue weighted by Crippen LogP contribution is -2.49. The molecule has 3 aromatic carbocycles. The zero-order valence-corrected chi connectivity index (χ0v) is 21.3. The van der Waals surface area contributed by atoms with Crippen molar-refractivity contribution in [2.75, 3.05) is 13.1 Å². The van der Waals surface area contributed by atoms with Crippen molar-refractivity contribution in [1.82, 2.24) is 19.8 Å². The van der Waals surface area contributed by atoms with E-state index in [4.69, 9.17) is 5.26 Å². The molecule has 188 valence electrons. The summed E-state index contributed by atoms with van der Waals surface area (Å²) >= 11 is 0. The summed E-state index contributed by atoms with van der Waals surface area (Å²) in [5, 5.41) is 24.7. The molecule has 1 aromatic heterocycles. The third kappa shape index (κ3) is 5.20. The molecule has 7 heteroatoms. The monoisotopic (exact) mass is 500 g/mol. The molecule has 4 aromatic rings. The highest BCUT2D eigenvalue weighted by Gasteiger charge is 2.29. The first kappa shape index (κ1) is 25.0. The van der Waals surface area contributed by atoms with Gasteiger partial charge in [0.2, 0.25) is 5.91 Å². The standard InChI is InChI=1S/C31H28N6O/c1-36-21-34-18-26(36)19-35-30(15-22-9-11-23(16-32)12-10-22)31(38)37-14-13-25(17-33)29(20-37)28-8-4-6-24-5-2-3-7-27(24)28/h2-12,18,21,30,35H,13-15,19-20H2,1H3/t30-/m1/s1. The number of aryl methyl sites for hydroxylation is 1. The van der Waals surface area contributed by atoms with Crippen LogP contribution in [0, 0.1) is 22.7 Å². The Balaban J connectivity index is 1.43. The number of nitrogens with one attached hydrogen (secondary N) is 1. The van der Waals surface area contributed by atoms with Crippen LogP contribution in [0.3, 0.4) is 0 Å². The Labute approximate surface area is 222 Å². The fourth-order valence-corrected chi connectivity index (χ4v) is 5.01. The summed E-state index contributed by atoms with van der Waals surface area (Å²) in [4.78, 5) is 20.0. The van der Waals surface area contributed by atoms with Crippen LogP contribution < -0.4 is 5.32 Å². The molecule has 1 N–H and O–H groups in total. The Kier molecular flexibility index (Phi) is 7.31. The SMILES string of the molecule is Cn1cncc1CN[C@H](Cc1ccc(C#N)cc1)C(=O)N1CCC(C#N)=C(c2cccc3ccccc23)C1. The molecule has 1 atom stereocenters. The number of fused-ring (bicyclic) bond motifs is 1. The minimum absolute atomic E-state index is 0.00810. The van der Waals surface area contributed by atoms with Crippen molar-refractivity contribution in [3.8, 4) is 12.1 Å². The van der Waals surface area contributed by atoms with Gasteiger partial charge in [-0.15, -0.1) is 0 Å². The van der Waals surface area contributed by atoms with Crippen LogP contribution in [0.5, 0.6) is 0 Å². The van der Waals surface area contributed by atoms with E-state index in [-0.39, 0.29) is 5.91 Å². The van der Waals surface area contributed by atoms with Gasteiger partial charge in [0, 0.05) is 44.9 Å². The molecule has 0 saturated carbocycles. The van der Waals surface area contributed by atoms with Gasteiger partial charge in [-0.25, -0.2) is 4.98 Å². The van der Waals surface area contributed by atoms with Crippen LogP contribution in [0.4, 0.5) is 0 Å². The maximum absolute atomic E-state index is 14.0. The average molecular weight is 501 g/mol. The van der Waals surface area contributed by atoms with Gasteiger partial charge in [-0.1, -0.05) is 54.6 Å². The topological polar surface area (TPSA) is 97.7 Å². The van der Waals surface area contributed by atoms with E-state index in [0.29, 0.717) is 38.0 Å². The van der Waals surface area contributed by atoms with Gasteiger partial charge in [-0.2, -0.15) is 10.5 Å². The van der Waals surface area contributed by atoms with Crippen molar-refractivity contribution in [1.29, 1.82) is 10.5 Å². The van der Waals surface area contributed by atoms with Crippen molar-refractivity contribution < 1.29 is 4.79 Å². The number of aromatic nitrogens is 2. The normalized spacial score (nSPS) is 14.2. The van der Waals surface area contributed by atoms with Gasteiger partial charge in [-0.05, 0) is 46.0 Å². The molecule has 0 radical (unpaired) electrons. The molecule has 1 aliphatic heterocycles. The zero-order chi connectivity index (χ0) is 26.5. The summed E-state index contributed by atoms with van der Waals surface area (Å²) in [5.74, 6) is -0.00810. The first-order valence-electron chi connectivity index (χ1n) is 12.6. The third-order valence-electron chi connectivity index (χ3n) is 7.17. The number of amides is 1. The summed E-state index contributed by atoms with van der Waals surface area (Å²) in [6, 6.07) is 25.7. The van der Waals surface area contributed by atoms with Crippen LogP contribution in [-0.4, -0.2) is 39.5 Å². The Morgan fingerprint density at radius 3 is 2.58 bits per heavy atom. The average Bonchev–Trinajstić information content (AvgIpc) is 3.38. The molecular formula is C31H28N6O. The van der Waals surface area contributed by atoms with E-state index < -0.39 is 6.04 Å². The van der Waals surface area contributed by atoms with E-state index in [9.17, 15) is 10.1 Å². The number of rotatable bonds is 7. The molecule has 1 aliphatic rings. The highest BCUT2D eigenvalue weighted by Crippen LogP contribution is 2.32. The predicted octanol–water partition coefficient (Wildman–Crippen LogP) is 4.36. The van der Waals surface area contributed by atoms with E-state index in [1.54, 1.807) is 24.7 Å². The highest BCUT2D eigenvalue weighted by atomic mass is 16.2. The maximum atomic E-state index is 14.0. The molecule has 0 saturated heterocycles. The van der Waals surface area contributed by atoms with E-state index in [0.717, 1.165) is 38.7 Å². The molecule has 0 fully saturated rings. The molecule has 2 heterocycles. The number of benzene rings is 3. The number of nitriles is 2. The second-order valence-electron chi connectivity index (χ2n) is 9.55. The Morgan fingerprint density at radius 2 is 1.84 bits per heavy atom. The predicted molar refractivity (Wildman–Crippen MR) is 146 cm³/mol. The van der Waals surface area contributed by atoms with E-state index in [1.807, 2.05) is 52.9 Å².